The van der Waals surface area contributed by atoms with Gasteiger partial charge in [-0.15, -0.1) is 0 Å². The van der Waals surface area contributed by atoms with E-state index in [0.717, 1.165) is 29.8 Å². The average Bonchev–Trinajstić information content (AvgIpc) is 2.83. The van der Waals surface area contributed by atoms with Crippen molar-refractivity contribution in [1.29, 1.82) is 0 Å². The Labute approximate surface area is 202 Å². The number of aromatic nitrogens is 2. The predicted molar refractivity (Wildman–Crippen MR) is 134 cm³/mol. The highest BCUT2D eigenvalue weighted by Gasteiger charge is 2.22. The van der Waals surface area contributed by atoms with Gasteiger partial charge >= 0.3 is 0 Å². The molecule has 0 N–H and O–H groups in total. The molecule has 1 aromatic heterocycles. The first-order chi connectivity index (χ1) is 16.4. The average molecular weight is 475 g/mol. The van der Waals surface area contributed by atoms with E-state index in [2.05, 4.69) is 11.9 Å². The van der Waals surface area contributed by atoms with E-state index >= 15 is 0 Å². The second-order valence-corrected chi connectivity index (χ2v) is 9.12. The summed E-state index contributed by atoms with van der Waals surface area (Å²) in [6.45, 7) is 5.09. The Bertz CT molecular complexity index is 1380. The highest BCUT2D eigenvalue weighted by atomic mass is 35.5. The molecule has 0 atom stereocenters. The van der Waals surface area contributed by atoms with Gasteiger partial charge in [0.05, 0.1) is 27.4 Å². The third kappa shape index (κ3) is 4.39. The zero-order valence-electron chi connectivity index (χ0n) is 19.1. The number of rotatable bonds is 3. The van der Waals surface area contributed by atoms with Crippen LogP contribution in [0.2, 0.25) is 5.02 Å². The van der Waals surface area contributed by atoms with E-state index in [1.54, 1.807) is 24.3 Å². The van der Waals surface area contributed by atoms with Crippen LogP contribution in [0.3, 0.4) is 0 Å². The summed E-state index contributed by atoms with van der Waals surface area (Å²) in [5, 5.41) is 0.557. The zero-order valence-corrected chi connectivity index (χ0v) is 19.8. The molecule has 4 aromatic rings. The zero-order chi connectivity index (χ0) is 23.8. The van der Waals surface area contributed by atoms with Crippen LogP contribution in [0.25, 0.3) is 33.5 Å². The molecule has 1 amide bonds. The monoisotopic (exact) mass is 474 g/mol. The number of nitrogens with zero attached hydrogens (tertiary/aromatic N) is 4. The number of fused-ring (bicyclic) bond motifs is 1. The largest absolute Gasteiger partial charge is 0.336 e. The van der Waals surface area contributed by atoms with Crippen LogP contribution < -0.4 is 0 Å². The van der Waals surface area contributed by atoms with Crippen LogP contribution in [0, 0.1) is 12.7 Å². The minimum absolute atomic E-state index is 0.00525. The molecular weight excluding hydrogens is 451 g/mol. The molecule has 1 aliphatic rings. The first-order valence-corrected chi connectivity index (χ1v) is 11.6. The van der Waals surface area contributed by atoms with Crippen LogP contribution in [0.4, 0.5) is 4.39 Å². The molecule has 0 spiro atoms. The third-order valence-corrected chi connectivity index (χ3v) is 6.51. The van der Waals surface area contributed by atoms with Crippen molar-refractivity contribution >= 4 is 28.5 Å². The molecule has 0 bridgehead atoms. The summed E-state index contributed by atoms with van der Waals surface area (Å²) < 4.78 is 13.6. The summed E-state index contributed by atoms with van der Waals surface area (Å²) in [5.74, 6) is -0.325. The quantitative estimate of drug-likeness (QED) is 0.396. The number of benzene rings is 3. The summed E-state index contributed by atoms with van der Waals surface area (Å²) in [4.78, 5) is 27.0. The fourth-order valence-electron chi connectivity index (χ4n) is 4.19. The van der Waals surface area contributed by atoms with Gasteiger partial charge in [0.15, 0.2) is 0 Å². The molecule has 3 aromatic carbocycles. The molecule has 5 nitrogen and oxygen atoms in total. The molecule has 0 aliphatic carbocycles. The van der Waals surface area contributed by atoms with Gasteiger partial charge < -0.3 is 9.80 Å². The molecule has 0 radical (unpaired) electrons. The van der Waals surface area contributed by atoms with Crippen molar-refractivity contribution in [2.24, 2.45) is 0 Å². The molecule has 34 heavy (non-hydrogen) atoms. The first kappa shape index (κ1) is 22.4. The SMILES string of the molecule is Cc1ccc(-c2nc3cc(C(=O)N4CCN(C)CC4)ccc3nc2-c2ccc(F)cc2)c(Cl)c1. The Morgan fingerprint density at radius 1 is 0.882 bits per heavy atom. The van der Waals surface area contributed by atoms with Crippen molar-refractivity contribution in [3.63, 3.8) is 0 Å². The Balaban J connectivity index is 1.63. The minimum Gasteiger partial charge on any atom is -0.336 e. The number of halogens is 2. The van der Waals surface area contributed by atoms with Crippen molar-refractivity contribution in [3.05, 3.63) is 82.6 Å². The van der Waals surface area contributed by atoms with E-state index in [4.69, 9.17) is 21.6 Å². The Hall–Kier alpha value is -3.35. The Morgan fingerprint density at radius 3 is 2.29 bits per heavy atom. The van der Waals surface area contributed by atoms with Gasteiger partial charge in [-0.2, -0.15) is 0 Å². The summed E-state index contributed by atoms with van der Waals surface area (Å²) in [5.41, 5.74) is 5.55. The van der Waals surface area contributed by atoms with Crippen LogP contribution in [0.1, 0.15) is 15.9 Å². The van der Waals surface area contributed by atoms with Gasteiger partial charge in [-0.1, -0.05) is 23.7 Å². The van der Waals surface area contributed by atoms with E-state index in [1.807, 2.05) is 36.1 Å². The van der Waals surface area contributed by atoms with Crippen LogP contribution in [-0.4, -0.2) is 58.9 Å². The van der Waals surface area contributed by atoms with Crippen LogP contribution in [0.15, 0.2) is 60.7 Å². The topological polar surface area (TPSA) is 49.3 Å². The summed E-state index contributed by atoms with van der Waals surface area (Å²) in [6.07, 6.45) is 0. The smallest absolute Gasteiger partial charge is 0.254 e. The number of piperazine rings is 1. The summed E-state index contributed by atoms with van der Waals surface area (Å²) in [7, 11) is 2.06. The molecule has 172 valence electrons. The van der Waals surface area contributed by atoms with Crippen molar-refractivity contribution in [2.45, 2.75) is 6.92 Å². The van der Waals surface area contributed by atoms with Gasteiger partial charge in [-0.25, -0.2) is 14.4 Å². The maximum absolute atomic E-state index is 13.6. The molecule has 1 fully saturated rings. The molecule has 7 heteroatoms. The predicted octanol–water partition coefficient (Wildman–Crippen LogP) is 5.45. The van der Waals surface area contributed by atoms with Gasteiger partial charge in [0.1, 0.15) is 5.82 Å². The maximum Gasteiger partial charge on any atom is 0.254 e. The molecule has 0 unspecified atom stereocenters. The van der Waals surface area contributed by atoms with E-state index in [1.165, 1.54) is 12.1 Å². The maximum atomic E-state index is 13.6. The minimum atomic E-state index is -0.320. The fraction of sp³-hybridized carbons (Fsp3) is 0.222. The lowest BCUT2D eigenvalue weighted by molar-refractivity contribution is 0.0664. The number of aryl methyl sites for hydroxylation is 1. The first-order valence-electron chi connectivity index (χ1n) is 11.2. The van der Waals surface area contributed by atoms with E-state index < -0.39 is 0 Å². The van der Waals surface area contributed by atoms with Gasteiger partial charge in [0, 0.05) is 42.9 Å². The van der Waals surface area contributed by atoms with Crippen LogP contribution in [-0.2, 0) is 0 Å². The molecule has 1 aliphatic heterocycles. The number of amides is 1. The summed E-state index contributed by atoms with van der Waals surface area (Å²) in [6, 6.07) is 17.3. The number of carbonyl (C=O) groups is 1. The van der Waals surface area contributed by atoms with Gasteiger partial charge in [0.2, 0.25) is 0 Å². The standard InChI is InChI=1S/C27H24ClFN4O/c1-17-3-9-21(22(28)15-17)26-25(18-4-7-20(29)8-5-18)30-23-10-6-19(16-24(23)31-26)27(34)33-13-11-32(2)12-14-33/h3-10,15-16H,11-14H2,1-2H3. The van der Waals surface area contributed by atoms with E-state index in [-0.39, 0.29) is 11.7 Å². The normalized spacial score (nSPS) is 14.5. The fourth-order valence-corrected chi connectivity index (χ4v) is 4.51. The molecule has 1 saturated heterocycles. The van der Waals surface area contributed by atoms with Crippen molar-refractivity contribution < 1.29 is 9.18 Å². The molecule has 2 heterocycles. The van der Waals surface area contributed by atoms with Crippen molar-refractivity contribution in [3.8, 4) is 22.5 Å². The lowest BCUT2D eigenvalue weighted by atomic mass is 10.0. The highest BCUT2D eigenvalue weighted by molar-refractivity contribution is 6.33. The van der Waals surface area contributed by atoms with Crippen LogP contribution in [0.5, 0.6) is 0 Å². The second kappa shape index (κ2) is 9.12. The summed E-state index contributed by atoms with van der Waals surface area (Å²) >= 11 is 6.60. The number of hydrogen-bond donors (Lipinski definition) is 0. The van der Waals surface area contributed by atoms with Crippen molar-refractivity contribution in [1.82, 2.24) is 19.8 Å². The number of hydrogen-bond acceptors (Lipinski definition) is 4. The highest BCUT2D eigenvalue weighted by Crippen LogP contribution is 2.35. The van der Waals surface area contributed by atoms with E-state index in [9.17, 15) is 9.18 Å². The number of carbonyl (C=O) groups excluding carboxylic acids is 1. The second-order valence-electron chi connectivity index (χ2n) is 8.71. The van der Waals surface area contributed by atoms with Gasteiger partial charge in [-0.3, -0.25) is 4.79 Å². The van der Waals surface area contributed by atoms with Gasteiger partial charge in [0.25, 0.3) is 5.91 Å². The number of likely N-dealkylation sites (N-methyl/N-ethyl adjacent to an activating group) is 1. The van der Waals surface area contributed by atoms with E-state index in [0.29, 0.717) is 46.1 Å². The molecular formula is C27H24ClFN4O. The van der Waals surface area contributed by atoms with Crippen molar-refractivity contribution in [2.75, 3.05) is 33.2 Å². The lowest BCUT2D eigenvalue weighted by Gasteiger charge is -2.32. The van der Waals surface area contributed by atoms with Crippen LogP contribution >= 0.6 is 11.6 Å². The Morgan fingerprint density at radius 2 is 1.59 bits per heavy atom. The Kier molecular flexibility index (Phi) is 6.02. The molecule has 0 saturated carbocycles. The lowest BCUT2D eigenvalue weighted by Crippen LogP contribution is -2.47. The van der Waals surface area contributed by atoms with Gasteiger partial charge in [-0.05, 0) is 68.1 Å². The third-order valence-electron chi connectivity index (χ3n) is 6.20. The molecule has 5 rings (SSSR count).